The Bertz CT molecular complexity index is 585. The zero-order chi connectivity index (χ0) is 15.4. The minimum atomic E-state index is -3.35. The first-order valence-electron chi connectivity index (χ1n) is 5.84. The molecule has 0 bridgehead atoms. The smallest absolute Gasteiger partial charge is 0.270 e. The Morgan fingerprint density at radius 1 is 1.40 bits per heavy atom. The summed E-state index contributed by atoms with van der Waals surface area (Å²) < 4.78 is 24.8. The van der Waals surface area contributed by atoms with E-state index in [2.05, 4.69) is 20.4 Å². The van der Waals surface area contributed by atoms with Gasteiger partial charge in [-0.2, -0.15) is 0 Å². The van der Waals surface area contributed by atoms with E-state index in [1.165, 1.54) is 6.07 Å². The lowest BCUT2D eigenvalue weighted by Gasteiger charge is -2.25. The molecule has 0 saturated carbocycles. The molecule has 0 spiro atoms. The van der Waals surface area contributed by atoms with Crippen LogP contribution < -0.4 is 21.3 Å². The quantitative estimate of drug-likeness (QED) is 0.411. The van der Waals surface area contributed by atoms with Crippen LogP contribution >= 0.6 is 0 Å². The van der Waals surface area contributed by atoms with E-state index in [9.17, 15) is 13.2 Å². The number of hydrazine groups is 1. The summed E-state index contributed by atoms with van der Waals surface area (Å²) in [6.45, 7) is 3.46. The van der Waals surface area contributed by atoms with Crippen LogP contribution in [0.15, 0.2) is 18.2 Å². The molecule has 0 atom stereocenters. The van der Waals surface area contributed by atoms with E-state index in [4.69, 9.17) is 5.84 Å². The van der Waals surface area contributed by atoms with Crippen LogP contribution in [-0.2, 0) is 10.0 Å². The van der Waals surface area contributed by atoms with Crippen molar-refractivity contribution in [2.75, 3.05) is 18.2 Å². The van der Waals surface area contributed by atoms with Crippen molar-refractivity contribution in [2.45, 2.75) is 19.4 Å². The van der Waals surface area contributed by atoms with E-state index in [0.717, 1.165) is 6.26 Å². The Labute approximate surface area is 118 Å². The number of nitrogens with one attached hydrogen (secondary N) is 3. The number of pyridine rings is 1. The number of nitrogens with two attached hydrogens (primary N) is 1. The first-order valence-corrected chi connectivity index (χ1v) is 7.73. The molecular formula is C11H19N5O3S. The topological polar surface area (TPSA) is 126 Å². The van der Waals surface area contributed by atoms with E-state index in [1.54, 1.807) is 26.0 Å². The van der Waals surface area contributed by atoms with Crippen molar-refractivity contribution in [3.63, 3.8) is 0 Å². The zero-order valence-corrected chi connectivity index (χ0v) is 12.4. The molecule has 9 heteroatoms. The maximum absolute atomic E-state index is 11.9. The van der Waals surface area contributed by atoms with Crippen molar-refractivity contribution in [2.24, 2.45) is 5.84 Å². The highest BCUT2D eigenvalue weighted by atomic mass is 32.2. The highest BCUT2D eigenvalue weighted by Crippen LogP contribution is 2.05. The molecule has 8 nitrogen and oxygen atoms in total. The molecule has 0 radical (unpaired) electrons. The molecule has 1 aromatic heterocycles. The number of anilines is 1. The van der Waals surface area contributed by atoms with E-state index in [0.29, 0.717) is 5.82 Å². The number of hydrogen-bond acceptors (Lipinski definition) is 6. The summed E-state index contributed by atoms with van der Waals surface area (Å²) in [4.78, 5) is 15.9. The molecule has 20 heavy (non-hydrogen) atoms. The van der Waals surface area contributed by atoms with Crippen LogP contribution in [0.2, 0.25) is 0 Å². The largest absolute Gasteiger partial charge is 0.349 e. The van der Waals surface area contributed by atoms with Crippen molar-refractivity contribution in [1.82, 2.24) is 15.0 Å². The molecule has 0 aliphatic heterocycles. The lowest BCUT2D eigenvalue weighted by atomic mass is 10.1. The predicted octanol–water partition coefficient (Wildman–Crippen LogP) is -0.575. The molecule has 112 valence electrons. The predicted molar refractivity (Wildman–Crippen MR) is 76.4 cm³/mol. The Morgan fingerprint density at radius 3 is 2.60 bits per heavy atom. The number of nitrogens with zero attached hydrogens (tertiary/aromatic N) is 1. The number of aromatic nitrogens is 1. The first kappa shape index (κ1) is 16.3. The third-order valence-electron chi connectivity index (χ3n) is 2.28. The summed E-state index contributed by atoms with van der Waals surface area (Å²) in [5.74, 6) is 5.17. The SMILES string of the molecule is CC(C)(CNC(=O)c1cccc(NN)n1)NS(C)(=O)=O. The van der Waals surface area contributed by atoms with Gasteiger partial charge in [-0.1, -0.05) is 6.07 Å². The second kappa shape index (κ2) is 6.16. The summed E-state index contributed by atoms with van der Waals surface area (Å²) in [5, 5.41) is 2.62. The molecule has 0 aromatic carbocycles. The van der Waals surface area contributed by atoms with E-state index in [1.807, 2.05) is 0 Å². The van der Waals surface area contributed by atoms with Crippen LogP contribution in [0.5, 0.6) is 0 Å². The van der Waals surface area contributed by atoms with E-state index in [-0.39, 0.29) is 12.2 Å². The maximum Gasteiger partial charge on any atom is 0.270 e. The second-order valence-corrected chi connectivity index (χ2v) is 6.74. The third-order valence-corrected chi connectivity index (χ3v) is 3.21. The number of nitrogen functional groups attached to an aromatic ring is 1. The van der Waals surface area contributed by atoms with Crippen molar-refractivity contribution in [3.8, 4) is 0 Å². The average Bonchev–Trinajstić information content (AvgIpc) is 2.33. The van der Waals surface area contributed by atoms with E-state index >= 15 is 0 Å². The monoisotopic (exact) mass is 301 g/mol. The van der Waals surface area contributed by atoms with Crippen molar-refractivity contribution in [3.05, 3.63) is 23.9 Å². The molecule has 0 unspecified atom stereocenters. The number of rotatable bonds is 6. The molecule has 1 aromatic rings. The normalized spacial score (nSPS) is 12.0. The molecule has 1 rings (SSSR count). The standard InChI is InChI=1S/C11H19N5O3S/c1-11(2,16-20(3,18)19)7-13-10(17)8-5-4-6-9(14-8)15-12/h4-6,16H,7,12H2,1-3H3,(H,13,17)(H,14,15). The van der Waals surface area contributed by atoms with Gasteiger partial charge in [-0.3, -0.25) is 4.79 Å². The lowest BCUT2D eigenvalue weighted by molar-refractivity contribution is 0.0939. The van der Waals surface area contributed by atoms with Crippen LogP contribution in [0.25, 0.3) is 0 Å². The summed E-state index contributed by atoms with van der Waals surface area (Å²) in [6.07, 6.45) is 1.06. The van der Waals surface area contributed by atoms with Gasteiger partial charge in [-0.05, 0) is 26.0 Å². The summed E-state index contributed by atoms with van der Waals surface area (Å²) in [6, 6.07) is 4.79. The van der Waals surface area contributed by atoms with Gasteiger partial charge in [0, 0.05) is 12.1 Å². The highest BCUT2D eigenvalue weighted by Gasteiger charge is 2.23. The number of carbonyl (C=O) groups excluding carboxylic acids is 1. The van der Waals surface area contributed by atoms with Gasteiger partial charge in [0.25, 0.3) is 5.91 Å². The maximum atomic E-state index is 11.9. The fourth-order valence-corrected chi connectivity index (χ4v) is 2.65. The molecule has 5 N–H and O–H groups in total. The zero-order valence-electron chi connectivity index (χ0n) is 11.6. The average molecular weight is 301 g/mol. The van der Waals surface area contributed by atoms with Crippen LogP contribution in [-0.4, -0.2) is 37.6 Å². The van der Waals surface area contributed by atoms with Gasteiger partial charge in [-0.15, -0.1) is 0 Å². The van der Waals surface area contributed by atoms with Gasteiger partial charge < -0.3 is 10.7 Å². The van der Waals surface area contributed by atoms with Gasteiger partial charge in [0.15, 0.2) is 0 Å². The van der Waals surface area contributed by atoms with Crippen LogP contribution in [0.1, 0.15) is 24.3 Å². The molecule has 0 fully saturated rings. The Hall–Kier alpha value is -1.71. The Kier molecular flexibility index (Phi) is 5.03. The van der Waals surface area contributed by atoms with Gasteiger partial charge in [0.2, 0.25) is 10.0 Å². The third kappa shape index (κ3) is 5.51. The Balaban J connectivity index is 2.67. The molecule has 1 amide bonds. The fourth-order valence-electron chi connectivity index (χ4n) is 1.57. The van der Waals surface area contributed by atoms with Crippen molar-refractivity contribution < 1.29 is 13.2 Å². The molecule has 0 aliphatic carbocycles. The minimum absolute atomic E-state index is 0.126. The molecule has 1 heterocycles. The molecule has 0 aliphatic rings. The number of sulfonamides is 1. The van der Waals surface area contributed by atoms with Gasteiger partial charge in [0.1, 0.15) is 11.5 Å². The highest BCUT2D eigenvalue weighted by molar-refractivity contribution is 7.88. The van der Waals surface area contributed by atoms with E-state index < -0.39 is 21.5 Å². The summed E-state index contributed by atoms with van der Waals surface area (Å²) in [5.41, 5.74) is 1.73. The second-order valence-electron chi connectivity index (χ2n) is 4.99. The number of hydrogen-bond donors (Lipinski definition) is 4. The lowest BCUT2D eigenvalue weighted by Crippen LogP contribution is -2.51. The van der Waals surface area contributed by atoms with Crippen LogP contribution in [0.4, 0.5) is 5.82 Å². The summed E-state index contributed by atoms with van der Waals surface area (Å²) in [7, 11) is -3.35. The minimum Gasteiger partial charge on any atom is -0.349 e. The molecule has 0 saturated heterocycles. The van der Waals surface area contributed by atoms with Gasteiger partial charge >= 0.3 is 0 Å². The number of amides is 1. The summed E-state index contributed by atoms with van der Waals surface area (Å²) >= 11 is 0. The Morgan fingerprint density at radius 2 is 2.05 bits per heavy atom. The van der Waals surface area contributed by atoms with Gasteiger partial charge in [0.05, 0.1) is 6.26 Å². The van der Waals surface area contributed by atoms with Crippen LogP contribution in [0, 0.1) is 0 Å². The molecular weight excluding hydrogens is 282 g/mol. The fraction of sp³-hybridized carbons (Fsp3) is 0.455. The van der Waals surface area contributed by atoms with Gasteiger partial charge in [-0.25, -0.2) is 24.0 Å². The van der Waals surface area contributed by atoms with Crippen LogP contribution in [0.3, 0.4) is 0 Å². The first-order chi connectivity index (χ1) is 9.13. The van der Waals surface area contributed by atoms with Crippen molar-refractivity contribution >= 4 is 21.7 Å². The van der Waals surface area contributed by atoms with Crippen molar-refractivity contribution in [1.29, 1.82) is 0 Å². The number of carbonyl (C=O) groups is 1.